The van der Waals surface area contributed by atoms with Crippen molar-refractivity contribution in [3.63, 3.8) is 0 Å². The molecule has 5 heteroatoms. The first-order valence-electron chi connectivity index (χ1n) is 7.03. The standard InChI is InChI=1S/C16H18ClN3O/c1-21-14-6-3-2-5-13(14)19-9-11-20(12-10-19)16-8-4-7-15(17)18-16/h2-8H,9-12H2,1H3. The molecule has 0 radical (unpaired) electrons. The number of hydrogen-bond donors (Lipinski definition) is 0. The fourth-order valence-corrected chi connectivity index (χ4v) is 2.80. The number of benzene rings is 1. The molecular weight excluding hydrogens is 286 g/mol. The average Bonchev–Trinajstić information content (AvgIpc) is 2.55. The number of methoxy groups -OCH3 is 1. The lowest BCUT2D eigenvalue weighted by atomic mass is 10.2. The van der Waals surface area contributed by atoms with Gasteiger partial charge in [-0.25, -0.2) is 4.98 Å². The first kappa shape index (κ1) is 14.0. The Balaban J connectivity index is 1.70. The topological polar surface area (TPSA) is 28.6 Å². The van der Waals surface area contributed by atoms with E-state index in [1.54, 1.807) is 13.2 Å². The first-order chi connectivity index (χ1) is 10.3. The number of hydrogen-bond acceptors (Lipinski definition) is 4. The zero-order valence-electron chi connectivity index (χ0n) is 12.0. The van der Waals surface area contributed by atoms with Crippen LogP contribution in [-0.4, -0.2) is 38.3 Å². The number of nitrogens with zero attached hydrogens (tertiary/aromatic N) is 3. The number of rotatable bonds is 3. The van der Waals surface area contributed by atoms with E-state index in [1.807, 2.05) is 30.3 Å². The minimum atomic E-state index is 0.541. The Kier molecular flexibility index (Phi) is 4.15. The zero-order chi connectivity index (χ0) is 14.7. The summed E-state index contributed by atoms with van der Waals surface area (Å²) in [7, 11) is 1.71. The van der Waals surface area contributed by atoms with Crippen molar-refractivity contribution in [2.75, 3.05) is 43.1 Å². The zero-order valence-corrected chi connectivity index (χ0v) is 12.8. The van der Waals surface area contributed by atoms with Crippen LogP contribution in [0.4, 0.5) is 11.5 Å². The van der Waals surface area contributed by atoms with Gasteiger partial charge in [0.1, 0.15) is 16.7 Å². The summed E-state index contributed by atoms with van der Waals surface area (Å²) in [6.07, 6.45) is 0. The van der Waals surface area contributed by atoms with Crippen molar-refractivity contribution in [2.24, 2.45) is 0 Å². The molecule has 21 heavy (non-hydrogen) atoms. The molecule has 0 saturated carbocycles. The highest BCUT2D eigenvalue weighted by molar-refractivity contribution is 6.29. The SMILES string of the molecule is COc1ccccc1N1CCN(c2cccc(Cl)n2)CC1. The Morgan fingerprint density at radius 2 is 1.67 bits per heavy atom. The fraction of sp³-hybridized carbons (Fsp3) is 0.312. The van der Waals surface area contributed by atoms with Crippen LogP contribution in [-0.2, 0) is 0 Å². The molecule has 0 unspecified atom stereocenters. The Hall–Kier alpha value is -1.94. The van der Waals surface area contributed by atoms with Crippen molar-refractivity contribution in [1.29, 1.82) is 0 Å². The van der Waals surface area contributed by atoms with Crippen molar-refractivity contribution in [2.45, 2.75) is 0 Å². The van der Waals surface area contributed by atoms with Gasteiger partial charge in [-0.15, -0.1) is 0 Å². The minimum absolute atomic E-state index is 0.541. The van der Waals surface area contributed by atoms with Crippen LogP contribution in [0.3, 0.4) is 0 Å². The lowest BCUT2D eigenvalue weighted by Gasteiger charge is -2.37. The summed E-state index contributed by atoms with van der Waals surface area (Å²) < 4.78 is 5.44. The quantitative estimate of drug-likeness (QED) is 0.815. The van der Waals surface area contributed by atoms with E-state index in [2.05, 4.69) is 20.9 Å². The molecule has 1 saturated heterocycles. The molecule has 2 aromatic rings. The number of para-hydroxylation sites is 2. The van der Waals surface area contributed by atoms with Gasteiger partial charge in [-0.2, -0.15) is 0 Å². The Morgan fingerprint density at radius 1 is 0.952 bits per heavy atom. The number of aromatic nitrogens is 1. The van der Waals surface area contributed by atoms with E-state index in [9.17, 15) is 0 Å². The lowest BCUT2D eigenvalue weighted by Crippen LogP contribution is -2.46. The van der Waals surface area contributed by atoms with Crippen LogP contribution < -0.4 is 14.5 Å². The average molecular weight is 304 g/mol. The molecule has 0 spiro atoms. The Morgan fingerprint density at radius 3 is 2.38 bits per heavy atom. The fourth-order valence-electron chi connectivity index (χ4n) is 2.64. The summed E-state index contributed by atoms with van der Waals surface area (Å²) in [5.41, 5.74) is 1.15. The van der Waals surface area contributed by atoms with E-state index in [4.69, 9.17) is 16.3 Å². The number of piperazine rings is 1. The molecule has 0 bridgehead atoms. The summed E-state index contributed by atoms with van der Waals surface area (Å²) in [6, 6.07) is 13.9. The van der Waals surface area contributed by atoms with Crippen molar-refractivity contribution in [3.8, 4) is 5.75 Å². The van der Waals surface area contributed by atoms with Crippen LogP contribution in [0.25, 0.3) is 0 Å². The van der Waals surface area contributed by atoms with E-state index >= 15 is 0 Å². The summed E-state index contributed by atoms with van der Waals surface area (Å²) in [6.45, 7) is 3.72. The van der Waals surface area contributed by atoms with Gasteiger partial charge in [-0.1, -0.05) is 29.8 Å². The summed E-state index contributed by atoms with van der Waals surface area (Å²) in [5.74, 6) is 1.87. The second kappa shape index (κ2) is 6.22. The summed E-state index contributed by atoms with van der Waals surface area (Å²) >= 11 is 5.96. The maximum Gasteiger partial charge on any atom is 0.142 e. The molecule has 1 aliphatic rings. The van der Waals surface area contributed by atoms with Gasteiger partial charge >= 0.3 is 0 Å². The van der Waals surface area contributed by atoms with Gasteiger partial charge in [0, 0.05) is 26.2 Å². The van der Waals surface area contributed by atoms with E-state index < -0.39 is 0 Å². The van der Waals surface area contributed by atoms with Gasteiger partial charge in [0.05, 0.1) is 12.8 Å². The number of pyridine rings is 1. The highest BCUT2D eigenvalue weighted by Gasteiger charge is 2.20. The molecule has 0 aliphatic carbocycles. The van der Waals surface area contributed by atoms with Crippen LogP contribution in [0.15, 0.2) is 42.5 Å². The first-order valence-corrected chi connectivity index (χ1v) is 7.41. The second-order valence-corrected chi connectivity index (χ2v) is 5.35. The van der Waals surface area contributed by atoms with Gasteiger partial charge in [0.2, 0.25) is 0 Å². The minimum Gasteiger partial charge on any atom is -0.495 e. The van der Waals surface area contributed by atoms with Gasteiger partial charge < -0.3 is 14.5 Å². The van der Waals surface area contributed by atoms with Crippen LogP contribution in [0.5, 0.6) is 5.75 Å². The van der Waals surface area contributed by atoms with Gasteiger partial charge in [-0.05, 0) is 24.3 Å². The molecular formula is C16H18ClN3O. The highest BCUT2D eigenvalue weighted by Crippen LogP contribution is 2.29. The van der Waals surface area contributed by atoms with Crippen LogP contribution >= 0.6 is 11.6 Å². The van der Waals surface area contributed by atoms with Crippen LogP contribution in [0, 0.1) is 0 Å². The molecule has 0 atom stereocenters. The molecule has 3 rings (SSSR count). The van der Waals surface area contributed by atoms with E-state index in [1.165, 1.54) is 0 Å². The molecule has 4 nitrogen and oxygen atoms in total. The predicted molar refractivity (Wildman–Crippen MR) is 86.7 cm³/mol. The molecule has 1 fully saturated rings. The third kappa shape index (κ3) is 3.05. The van der Waals surface area contributed by atoms with E-state index in [0.29, 0.717) is 5.15 Å². The summed E-state index contributed by atoms with van der Waals surface area (Å²) in [5, 5.41) is 0.541. The van der Waals surface area contributed by atoms with Crippen molar-refractivity contribution in [1.82, 2.24) is 4.98 Å². The van der Waals surface area contributed by atoms with Crippen LogP contribution in [0.2, 0.25) is 5.15 Å². The number of anilines is 2. The maximum absolute atomic E-state index is 5.96. The smallest absolute Gasteiger partial charge is 0.142 e. The molecule has 110 valence electrons. The molecule has 2 heterocycles. The molecule has 0 N–H and O–H groups in total. The normalized spacial score (nSPS) is 15.1. The molecule has 1 aromatic carbocycles. The van der Waals surface area contributed by atoms with E-state index in [-0.39, 0.29) is 0 Å². The molecule has 1 aromatic heterocycles. The van der Waals surface area contributed by atoms with Crippen molar-refractivity contribution >= 4 is 23.1 Å². The number of ether oxygens (including phenoxy) is 1. The highest BCUT2D eigenvalue weighted by atomic mass is 35.5. The maximum atomic E-state index is 5.96. The van der Waals surface area contributed by atoms with Gasteiger partial charge in [-0.3, -0.25) is 0 Å². The van der Waals surface area contributed by atoms with Crippen LogP contribution in [0.1, 0.15) is 0 Å². The van der Waals surface area contributed by atoms with Gasteiger partial charge in [0.25, 0.3) is 0 Å². The Labute approximate surface area is 129 Å². The Bertz CT molecular complexity index is 612. The predicted octanol–water partition coefficient (Wildman–Crippen LogP) is 3.07. The summed E-state index contributed by atoms with van der Waals surface area (Å²) in [4.78, 5) is 8.99. The second-order valence-electron chi connectivity index (χ2n) is 4.96. The molecule has 1 aliphatic heterocycles. The number of halogens is 1. The monoisotopic (exact) mass is 303 g/mol. The third-order valence-corrected chi connectivity index (χ3v) is 3.94. The van der Waals surface area contributed by atoms with Crippen molar-refractivity contribution in [3.05, 3.63) is 47.6 Å². The van der Waals surface area contributed by atoms with E-state index in [0.717, 1.165) is 43.4 Å². The molecule has 0 amide bonds. The largest absolute Gasteiger partial charge is 0.495 e. The van der Waals surface area contributed by atoms with Crippen molar-refractivity contribution < 1.29 is 4.74 Å². The van der Waals surface area contributed by atoms with Gasteiger partial charge in [0.15, 0.2) is 0 Å². The third-order valence-electron chi connectivity index (χ3n) is 3.73. The lowest BCUT2D eigenvalue weighted by molar-refractivity contribution is 0.413.